The van der Waals surface area contributed by atoms with Gasteiger partial charge in [-0.25, -0.2) is 0 Å². The molecule has 1 aliphatic heterocycles. The van der Waals surface area contributed by atoms with Crippen molar-refractivity contribution >= 4 is 35.0 Å². The number of carbonyl (C=O) groups is 2. The Hall–Kier alpha value is -2.47. The highest BCUT2D eigenvalue weighted by atomic mass is 32.2. The average Bonchev–Trinajstić information content (AvgIpc) is 3.16. The van der Waals surface area contributed by atoms with E-state index in [-0.39, 0.29) is 17.2 Å². The third kappa shape index (κ3) is 6.26. The predicted molar refractivity (Wildman–Crippen MR) is 129 cm³/mol. The van der Waals surface area contributed by atoms with Crippen molar-refractivity contribution in [3.8, 4) is 5.75 Å². The first kappa shape index (κ1) is 23.2. The molecule has 2 aromatic rings. The Morgan fingerprint density at radius 3 is 2.55 bits per heavy atom. The molecule has 2 aromatic carbocycles. The lowest BCUT2D eigenvalue weighted by atomic mass is 10.1. The zero-order chi connectivity index (χ0) is 22.1. The van der Waals surface area contributed by atoms with E-state index in [4.69, 9.17) is 4.74 Å². The number of benzene rings is 2. The number of amides is 2. The number of anilines is 2. The second kappa shape index (κ2) is 11.8. The van der Waals surface area contributed by atoms with Crippen LogP contribution in [0.4, 0.5) is 11.4 Å². The van der Waals surface area contributed by atoms with Crippen LogP contribution in [-0.4, -0.2) is 24.2 Å². The molecule has 5 nitrogen and oxygen atoms in total. The molecule has 0 spiro atoms. The summed E-state index contributed by atoms with van der Waals surface area (Å²) in [4.78, 5) is 26.7. The number of hydrogen-bond donors (Lipinski definition) is 1. The number of ether oxygens (including phenoxy) is 1. The van der Waals surface area contributed by atoms with Gasteiger partial charge in [0.1, 0.15) is 11.1 Å². The number of unbranched alkanes of at least 4 members (excludes halogenated alkanes) is 4. The second-order valence-electron chi connectivity index (χ2n) is 7.66. The Balaban J connectivity index is 1.65. The summed E-state index contributed by atoms with van der Waals surface area (Å²) in [6.45, 7) is 4.67. The van der Waals surface area contributed by atoms with Crippen LogP contribution in [0.15, 0.2) is 48.5 Å². The van der Waals surface area contributed by atoms with E-state index in [0.717, 1.165) is 29.8 Å². The molecule has 1 saturated heterocycles. The van der Waals surface area contributed by atoms with Gasteiger partial charge in [0.05, 0.1) is 18.0 Å². The molecule has 0 aromatic heterocycles. The summed E-state index contributed by atoms with van der Waals surface area (Å²) >= 11 is 1.60. The minimum Gasteiger partial charge on any atom is -0.492 e. The van der Waals surface area contributed by atoms with Gasteiger partial charge < -0.3 is 10.1 Å². The summed E-state index contributed by atoms with van der Waals surface area (Å²) in [5.41, 5.74) is 2.61. The number of para-hydroxylation sites is 2. The first-order valence-electron chi connectivity index (χ1n) is 11.2. The first-order chi connectivity index (χ1) is 15.1. The van der Waals surface area contributed by atoms with Gasteiger partial charge in [0.15, 0.2) is 0 Å². The van der Waals surface area contributed by atoms with Gasteiger partial charge in [-0.05, 0) is 43.2 Å². The van der Waals surface area contributed by atoms with Crippen LogP contribution in [-0.2, 0) is 9.59 Å². The highest BCUT2D eigenvalue weighted by Crippen LogP contribution is 2.44. The smallest absolute Gasteiger partial charge is 0.238 e. The maximum Gasteiger partial charge on any atom is 0.238 e. The maximum absolute atomic E-state index is 12.7. The summed E-state index contributed by atoms with van der Waals surface area (Å²) in [6.07, 6.45) is 6.22. The van der Waals surface area contributed by atoms with Gasteiger partial charge in [-0.2, -0.15) is 0 Å². The number of hydrogen-bond acceptors (Lipinski definition) is 4. The van der Waals surface area contributed by atoms with Crippen LogP contribution in [0.3, 0.4) is 0 Å². The molecule has 2 amide bonds. The number of nitrogens with one attached hydrogen (secondary N) is 1. The van der Waals surface area contributed by atoms with Crippen LogP contribution in [0.2, 0.25) is 0 Å². The molecule has 0 unspecified atom stereocenters. The van der Waals surface area contributed by atoms with Crippen molar-refractivity contribution in [1.29, 1.82) is 0 Å². The zero-order valence-electron chi connectivity index (χ0n) is 18.4. The highest BCUT2D eigenvalue weighted by Gasteiger charge is 2.35. The lowest BCUT2D eigenvalue weighted by Gasteiger charge is -2.26. The minimum atomic E-state index is -0.113. The summed E-state index contributed by atoms with van der Waals surface area (Å²) in [5, 5.41) is 2.87. The number of nitrogens with zero attached hydrogens (tertiary/aromatic N) is 1. The summed E-state index contributed by atoms with van der Waals surface area (Å²) in [5.74, 6) is 1.28. The van der Waals surface area contributed by atoms with Crippen molar-refractivity contribution in [3.05, 3.63) is 54.1 Å². The van der Waals surface area contributed by atoms with Gasteiger partial charge in [-0.15, -0.1) is 11.8 Å². The predicted octanol–water partition coefficient (Wildman–Crippen LogP) is 6.16. The lowest BCUT2D eigenvalue weighted by Crippen LogP contribution is -2.28. The molecular formula is C25H32N2O3S. The quantitative estimate of drug-likeness (QED) is 0.425. The van der Waals surface area contributed by atoms with Crippen LogP contribution in [0.25, 0.3) is 0 Å². The molecule has 31 heavy (non-hydrogen) atoms. The molecule has 166 valence electrons. The second-order valence-corrected chi connectivity index (χ2v) is 8.73. The molecule has 0 radical (unpaired) electrons. The fraction of sp³-hybridized carbons (Fsp3) is 0.440. The number of carbonyl (C=O) groups excluding carboxylic acids is 2. The van der Waals surface area contributed by atoms with E-state index < -0.39 is 0 Å². The van der Waals surface area contributed by atoms with Crippen molar-refractivity contribution < 1.29 is 14.3 Å². The molecule has 3 rings (SSSR count). The van der Waals surface area contributed by atoms with Crippen LogP contribution >= 0.6 is 11.8 Å². The van der Waals surface area contributed by atoms with E-state index in [0.29, 0.717) is 24.5 Å². The molecule has 0 aliphatic carbocycles. The van der Waals surface area contributed by atoms with Crippen molar-refractivity contribution in [1.82, 2.24) is 0 Å². The summed E-state index contributed by atoms with van der Waals surface area (Å²) in [7, 11) is 0. The third-order valence-electron chi connectivity index (χ3n) is 5.28. The molecule has 0 bridgehead atoms. The summed E-state index contributed by atoms with van der Waals surface area (Å²) in [6, 6.07) is 15.5. The maximum atomic E-state index is 12.7. The average molecular weight is 441 g/mol. The fourth-order valence-corrected chi connectivity index (χ4v) is 4.88. The Morgan fingerprint density at radius 2 is 1.81 bits per heavy atom. The Labute approximate surface area is 189 Å². The van der Waals surface area contributed by atoms with Gasteiger partial charge in [-0.1, -0.05) is 56.9 Å². The number of rotatable bonds is 11. The Bertz CT molecular complexity index is 869. The first-order valence-corrected chi connectivity index (χ1v) is 12.2. The molecule has 1 heterocycles. The Kier molecular flexibility index (Phi) is 8.83. The van der Waals surface area contributed by atoms with E-state index in [1.807, 2.05) is 60.4 Å². The van der Waals surface area contributed by atoms with Gasteiger partial charge in [0.25, 0.3) is 0 Å². The molecule has 1 atom stereocenters. The van der Waals surface area contributed by atoms with E-state index in [2.05, 4.69) is 12.2 Å². The van der Waals surface area contributed by atoms with Crippen molar-refractivity contribution in [2.45, 2.75) is 57.7 Å². The summed E-state index contributed by atoms with van der Waals surface area (Å²) < 4.78 is 5.75. The molecule has 0 saturated carbocycles. The van der Waals surface area contributed by atoms with Gasteiger partial charge in [-0.3, -0.25) is 14.5 Å². The van der Waals surface area contributed by atoms with E-state index >= 15 is 0 Å². The van der Waals surface area contributed by atoms with Crippen molar-refractivity contribution in [2.75, 3.05) is 22.6 Å². The van der Waals surface area contributed by atoms with E-state index in [9.17, 15) is 9.59 Å². The topological polar surface area (TPSA) is 58.6 Å². The number of thioether (sulfide) groups is 1. The largest absolute Gasteiger partial charge is 0.492 e. The van der Waals surface area contributed by atoms with Crippen LogP contribution in [0.1, 0.15) is 63.3 Å². The SMILES string of the molecule is CCCCCCCC(=O)Nc1ccc([C@@H]2SCC(=O)N2c2ccccc2OCC)cc1. The van der Waals surface area contributed by atoms with Gasteiger partial charge >= 0.3 is 0 Å². The van der Waals surface area contributed by atoms with Crippen LogP contribution in [0.5, 0.6) is 5.75 Å². The molecule has 1 aliphatic rings. The monoisotopic (exact) mass is 440 g/mol. The Morgan fingerprint density at radius 1 is 1.06 bits per heavy atom. The van der Waals surface area contributed by atoms with Gasteiger partial charge in [0.2, 0.25) is 11.8 Å². The lowest BCUT2D eigenvalue weighted by molar-refractivity contribution is -0.116. The minimum absolute atomic E-state index is 0.0573. The van der Waals surface area contributed by atoms with Crippen LogP contribution < -0.4 is 15.0 Å². The molecule has 1 fully saturated rings. The molecule has 6 heteroatoms. The highest BCUT2D eigenvalue weighted by molar-refractivity contribution is 8.00. The fourth-order valence-electron chi connectivity index (χ4n) is 3.71. The van der Waals surface area contributed by atoms with Crippen molar-refractivity contribution in [3.63, 3.8) is 0 Å². The molecular weight excluding hydrogens is 408 g/mol. The van der Waals surface area contributed by atoms with E-state index in [1.54, 1.807) is 11.8 Å². The van der Waals surface area contributed by atoms with Gasteiger partial charge in [0, 0.05) is 12.1 Å². The third-order valence-corrected chi connectivity index (χ3v) is 6.49. The molecule has 1 N–H and O–H groups in total. The normalized spacial score (nSPS) is 15.9. The van der Waals surface area contributed by atoms with Crippen molar-refractivity contribution in [2.24, 2.45) is 0 Å². The van der Waals surface area contributed by atoms with Crippen LogP contribution in [0, 0.1) is 0 Å². The van der Waals surface area contributed by atoms with E-state index in [1.165, 1.54) is 19.3 Å². The zero-order valence-corrected chi connectivity index (χ0v) is 19.2. The standard InChI is InChI=1S/C25H32N2O3S/c1-3-5-6-7-8-13-23(28)26-20-16-14-19(15-17-20)25-27(24(29)18-31-25)21-11-9-10-12-22(21)30-4-2/h9-12,14-17,25H,3-8,13,18H2,1-2H3,(H,26,28)/t25-/m0/s1.